The maximum Gasteiger partial charge on any atom is 0.220 e. The summed E-state index contributed by atoms with van der Waals surface area (Å²) in [5.74, 6) is 0.879. The van der Waals surface area contributed by atoms with Crippen LogP contribution in [0.15, 0.2) is 0 Å². The van der Waals surface area contributed by atoms with Crippen LogP contribution in [0.2, 0.25) is 0 Å². The fourth-order valence-corrected chi connectivity index (χ4v) is 1.71. The van der Waals surface area contributed by atoms with Gasteiger partial charge >= 0.3 is 0 Å². The van der Waals surface area contributed by atoms with Crippen molar-refractivity contribution in [3.63, 3.8) is 0 Å². The highest BCUT2D eigenvalue weighted by Gasteiger charge is 2.19. The van der Waals surface area contributed by atoms with Gasteiger partial charge < -0.3 is 5.32 Å². The molecule has 0 aromatic heterocycles. The Labute approximate surface area is 90.4 Å². The summed E-state index contributed by atoms with van der Waals surface area (Å²) < 4.78 is 0. The van der Waals surface area contributed by atoms with Crippen LogP contribution >= 0.6 is 9.24 Å². The molecule has 0 heterocycles. The first-order valence-electron chi connectivity index (χ1n) is 5.47. The molecule has 1 amide bonds. The Morgan fingerprint density at radius 1 is 1.50 bits per heavy atom. The molecule has 0 rings (SSSR count). The van der Waals surface area contributed by atoms with Crippen molar-refractivity contribution >= 4 is 15.1 Å². The van der Waals surface area contributed by atoms with Gasteiger partial charge in [-0.25, -0.2) is 0 Å². The fraction of sp³-hybridized carbons (Fsp3) is 0.909. The Morgan fingerprint density at radius 2 is 2.07 bits per heavy atom. The van der Waals surface area contributed by atoms with Gasteiger partial charge in [-0.1, -0.05) is 33.6 Å². The summed E-state index contributed by atoms with van der Waals surface area (Å²) in [6.45, 7) is 8.39. The van der Waals surface area contributed by atoms with Gasteiger partial charge in [0.15, 0.2) is 0 Å². The largest absolute Gasteiger partial charge is 0.348 e. The topological polar surface area (TPSA) is 29.1 Å². The molecule has 3 heteroatoms. The molecule has 0 aliphatic rings. The highest BCUT2D eigenvalue weighted by molar-refractivity contribution is 7.18. The third-order valence-corrected chi connectivity index (χ3v) is 2.66. The Bertz CT molecular complexity index is 178. The van der Waals surface area contributed by atoms with E-state index in [9.17, 15) is 4.79 Å². The van der Waals surface area contributed by atoms with Crippen molar-refractivity contribution in [2.75, 3.05) is 0 Å². The first kappa shape index (κ1) is 13.9. The summed E-state index contributed by atoms with van der Waals surface area (Å²) in [7, 11) is 2.74. The van der Waals surface area contributed by atoms with E-state index in [0.29, 0.717) is 6.42 Å². The highest BCUT2D eigenvalue weighted by atomic mass is 31.0. The smallest absolute Gasteiger partial charge is 0.220 e. The Morgan fingerprint density at radius 3 is 2.50 bits per heavy atom. The number of hydrogen-bond acceptors (Lipinski definition) is 1. The van der Waals surface area contributed by atoms with Crippen molar-refractivity contribution in [1.29, 1.82) is 0 Å². The molecule has 0 aliphatic heterocycles. The molecule has 14 heavy (non-hydrogen) atoms. The van der Waals surface area contributed by atoms with E-state index >= 15 is 0 Å². The molecule has 2 atom stereocenters. The molecule has 0 aliphatic carbocycles. The third kappa shape index (κ3) is 7.32. The average molecular weight is 217 g/mol. The van der Waals surface area contributed by atoms with E-state index < -0.39 is 0 Å². The Kier molecular flexibility index (Phi) is 6.35. The van der Waals surface area contributed by atoms with Crippen LogP contribution in [0.25, 0.3) is 0 Å². The zero-order chi connectivity index (χ0) is 11.2. The molecule has 0 spiro atoms. The molecule has 84 valence electrons. The summed E-state index contributed by atoms with van der Waals surface area (Å²) in [6.07, 6.45) is 3.99. The second-order valence-electron chi connectivity index (χ2n) is 4.61. The lowest BCUT2D eigenvalue weighted by Crippen LogP contribution is -2.40. The average Bonchev–Trinajstić information content (AvgIpc) is 2.02. The van der Waals surface area contributed by atoms with Crippen LogP contribution in [0, 0.1) is 5.92 Å². The van der Waals surface area contributed by atoms with Crippen molar-refractivity contribution in [3.05, 3.63) is 0 Å². The second-order valence-corrected chi connectivity index (χ2v) is 5.88. The molecule has 2 unspecified atom stereocenters. The molecule has 0 bridgehead atoms. The zero-order valence-corrected chi connectivity index (χ0v) is 11.0. The first-order chi connectivity index (χ1) is 6.37. The number of carbonyl (C=O) groups excluding carboxylic acids is 1. The number of rotatable bonds is 6. The van der Waals surface area contributed by atoms with Crippen LogP contribution < -0.4 is 5.32 Å². The molecule has 0 saturated heterocycles. The monoisotopic (exact) mass is 217 g/mol. The molecular weight excluding hydrogens is 193 g/mol. The molecule has 2 nitrogen and oxygen atoms in total. The summed E-state index contributed by atoms with van der Waals surface area (Å²) in [6, 6.07) is 0. The first-order valence-corrected chi connectivity index (χ1v) is 6.05. The molecule has 0 radical (unpaired) electrons. The van der Waals surface area contributed by atoms with Crippen LogP contribution in [0.3, 0.4) is 0 Å². The van der Waals surface area contributed by atoms with Gasteiger partial charge in [0, 0.05) is 6.42 Å². The van der Waals surface area contributed by atoms with Gasteiger partial charge in [-0.15, -0.1) is 9.24 Å². The molecule has 0 aromatic rings. The maximum absolute atomic E-state index is 11.2. The van der Waals surface area contributed by atoms with Crippen LogP contribution in [-0.4, -0.2) is 11.2 Å². The lowest BCUT2D eigenvalue weighted by molar-refractivity contribution is -0.121. The van der Waals surface area contributed by atoms with Crippen LogP contribution in [0.5, 0.6) is 0 Å². The van der Waals surface area contributed by atoms with Gasteiger partial charge in [0.25, 0.3) is 0 Å². The number of amides is 1. The van der Waals surface area contributed by atoms with Crippen molar-refractivity contribution in [2.45, 2.75) is 58.7 Å². The van der Waals surface area contributed by atoms with Gasteiger partial charge in [0.2, 0.25) is 5.91 Å². The molecule has 0 fully saturated rings. The summed E-state index contributed by atoms with van der Waals surface area (Å²) in [4.78, 5) is 11.2. The van der Waals surface area contributed by atoms with Crippen molar-refractivity contribution in [1.82, 2.24) is 5.32 Å². The number of carbonyl (C=O) groups is 1. The second kappa shape index (κ2) is 6.40. The molecule has 0 saturated carbocycles. The van der Waals surface area contributed by atoms with Crippen LogP contribution in [0.1, 0.15) is 53.4 Å². The van der Waals surface area contributed by atoms with Crippen molar-refractivity contribution in [3.8, 4) is 0 Å². The lowest BCUT2D eigenvalue weighted by atomic mass is 10.0. The van der Waals surface area contributed by atoms with Crippen molar-refractivity contribution < 1.29 is 4.79 Å². The van der Waals surface area contributed by atoms with Crippen LogP contribution in [-0.2, 0) is 4.79 Å². The van der Waals surface area contributed by atoms with Crippen LogP contribution in [0.4, 0.5) is 0 Å². The fourth-order valence-electron chi connectivity index (χ4n) is 1.35. The Hall–Kier alpha value is -0.100. The molecule has 0 aromatic carbocycles. The van der Waals surface area contributed by atoms with E-state index in [1.807, 2.05) is 6.92 Å². The minimum atomic E-state index is -0.123. The SMILES string of the molecule is CCC(=O)NC(C)(P)CCCC(C)C. The standard InChI is InChI=1S/C11H24NOP/c1-5-10(13)12-11(4,14)8-6-7-9(2)3/h9H,5-8,14H2,1-4H3,(H,12,13). The lowest BCUT2D eigenvalue weighted by Gasteiger charge is -2.26. The zero-order valence-electron chi connectivity index (χ0n) is 9.89. The van der Waals surface area contributed by atoms with E-state index in [2.05, 4.69) is 35.3 Å². The number of hydrogen-bond donors (Lipinski definition) is 1. The van der Waals surface area contributed by atoms with Gasteiger partial charge in [-0.3, -0.25) is 4.79 Å². The summed E-state index contributed by atoms with van der Waals surface area (Å²) in [5.41, 5.74) is 0. The normalized spacial score (nSPS) is 15.3. The van der Waals surface area contributed by atoms with Gasteiger partial charge in [-0.2, -0.15) is 0 Å². The minimum Gasteiger partial charge on any atom is -0.348 e. The third-order valence-electron chi connectivity index (χ3n) is 2.22. The predicted molar refractivity (Wildman–Crippen MR) is 65.2 cm³/mol. The van der Waals surface area contributed by atoms with E-state index in [4.69, 9.17) is 0 Å². The predicted octanol–water partition coefficient (Wildman–Crippen LogP) is 2.93. The Balaban J connectivity index is 3.77. The van der Waals surface area contributed by atoms with Crippen molar-refractivity contribution in [2.24, 2.45) is 5.92 Å². The van der Waals surface area contributed by atoms with E-state index in [-0.39, 0.29) is 11.2 Å². The van der Waals surface area contributed by atoms with E-state index in [1.54, 1.807) is 0 Å². The maximum atomic E-state index is 11.2. The van der Waals surface area contributed by atoms with E-state index in [1.165, 1.54) is 12.8 Å². The minimum absolute atomic E-state index is 0.123. The molecular formula is C11H24NOP. The highest BCUT2D eigenvalue weighted by Crippen LogP contribution is 2.22. The number of nitrogens with one attached hydrogen (secondary N) is 1. The van der Waals surface area contributed by atoms with E-state index in [0.717, 1.165) is 12.3 Å². The van der Waals surface area contributed by atoms with Gasteiger partial charge in [0.05, 0.1) is 5.28 Å². The van der Waals surface area contributed by atoms with Gasteiger partial charge in [0.1, 0.15) is 0 Å². The quantitative estimate of drug-likeness (QED) is 0.681. The molecule has 1 N–H and O–H groups in total. The summed E-state index contributed by atoms with van der Waals surface area (Å²) in [5, 5.41) is 2.88. The summed E-state index contributed by atoms with van der Waals surface area (Å²) >= 11 is 0. The van der Waals surface area contributed by atoms with Gasteiger partial charge in [-0.05, 0) is 19.3 Å².